The van der Waals surface area contributed by atoms with Gasteiger partial charge in [-0.1, -0.05) is 13.8 Å². The molecule has 21 heavy (non-hydrogen) atoms. The molecule has 0 aromatic carbocycles. The number of nitrogens with zero attached hydrogens (tertiary/aromatic N) is 2. The van der Waals surface area contributed by atoms with Crippen molar-refractivity contribution >= 4 is 17.7 Å². The summed E-state index contributed by atoms with van der Waals surface area (Å²) in [6, 6.07) is 0.530. The zero-order valence-electron chi connectivity index (χ0n) is 15.3. The topological polar surface area (TPSA) is 39.7 Å². The Morgan fingerprint density at radius 1 is 1.24 bits per heavy atom. The normalized spacial score (nSPS) is 14.7. The minimum Gasteiger partial charge on any atom is -0.357 e. The van der Waals surface area contributed by atoms with Crippen molar-refractivity contribution < 1.29 is 0 Å². The Morgan fingerprint density at radius 3 is 2.29 bits per heavy atom. The van der Waals surface area contributed by atoms with Crippen LogP contribution in [0.25, 0.3) is 0 Å². The maximum atomic E-state index is 4.72. The van der Waals surface area contributed by atoms with Crippen LogP contribution in [-0.2, 0) is 0 Å². The minimum atomic E-state index is 0.182. The molecule has 0 rings (SSSR count). The molecule has 0 fully saturated rings. The lowest BCUT2D eigenvalue weighted by atomic mass is 10.0. The molecule has 4 nitrogen and oxygen atoms in total. The van der Waals surface area contributed by atoms with Crippen molar-refractivity contribution in [2.24, 2.45) is 10.9 Å². The first kappa shape index (κ1) is 20.6. The van der Waals surface area contributed by atoms with Gasteiger partial charge in [-0.05, 0) is 53.5 Å². The molecule has 1 atom stereocenters. The smallest absolute Gasteiger partial charge is 0.191 e. The van der Waals surface area contributed by atoms with E-state index < -0.39 is 0 Å². The minimum absolute atomic E-state index is 0.182. The zero-order valence-corrected chi connectivity index (χ0v) is 16.1. The zero-order chi connectivity index (χ0) is 16.5. The lowest BCUT2D eigenvalue weighted by Crippen LogP contribution is -2.46. The summed E-state index contributed by atoms with van der Waals surface area (Å²) in [4.78, 5) is 7.02. The van der Waals surface area contributed by atoms with Gasteiger partial charge in [-0.25, -0.2) is 0 Å². The molecule has 126 valence electrons. The van der Waals surface area contributed by atoms with Crippen LogP contribution in [0.2, 0.25) is 0 Å². The van der Waals surface area contributed by atoms with Crippen LogP contribution in [0.3, 0.4) is 0 Å². The van der Waals surface area contributed by atoms with Crippen LogP contribution in [0.15, 0.2) is 4.99 Å². The van der Waals surface area contributed by atoms with Crippen molar-refractivity contribution in [1.82, 2.24) is 15.5 Å². The number of likely N-dealkylation sites (N-methyl/N-ethyl adjacent to an activating group) is 1. The van der Waals surface area contributed by atoms with Crippen LogP contribution >= 0.6 is 11.8 Å². The van der Waals surface area contributed by atoms with Gasteiger partial charge >= 0.3 is 0 Å². The molecule has 0 amide bonds. The first-order chi connectivity index (χ1) is 9.71. The molecule has 0 bridgehead atoms. The monoisotopic (exact) mass is 316 g/mol. The third kappa shape index (κ3) is 10.0. The molecule has 5 heteroatoms. The van der Waals surface area contributed by atoms with Gasteiger partial charge in [0.15, 0.2) is 5.96 Å². The maximum Gasteiger partial charge on any atom is 0.191 e. The Morgan fingerprint density at radius 2 is 1.86 bits per heavy atom. The molecule has 2 N–H and O–H groups in total. The average Bonchev–Trinajstić information content (AvgIpc) is 2.39. The number of rotatable bonds is 9. The molecule has 0 aliphatic carbocycles. The van der Waals surface area contributed by atoms with E-state index >= 15 is 0 Å². The highest BCUT2D eigenvalue weighted by Gasteiger charge is 2.16. The number of thioether (sulfide) groups is 1. The SMILES string of the molecule is CCNC(=NCC(C)(C)SC)NCC(CC(C)C)N(C)C. The van der Waals surface area contributed by atoms with E-state index in [0.29, 0.717) is 12.0 Å². The van der Waals surface area contributed by atoms with Crippen LogP contribution in [0.1, 0.15) is 41.0 Å². The number of hydrogen-bond acceptors (Lipinski definition) is 3. The molecule has 0 radical (unpaired) electrons. The van der Waals surface area contributed by atoms with E-state index in [-0.39, 0.29) is 4.75 Å². The number of nitrogens with one attached hydrogen (secondary N) is 2. The molecule has 0 aliphatic rings. The van der Waals surface area contributed by atoms with Crippen LogP contribution in [-0.4, -0.2) is 61.6 Å². The van der Waals surface area contributed by atoms with Gasteiger partial charge in [-0.2, -0.15) is 11.8 Å². The fraction of sp³-hybridized carbons (Fsp3) is 0.938. The predicted molar refractivity (Wildman–Crippen MR) is 98.5 cm³/mol. The fourth-order valence-corrected chi connectivity index (χ4v) is 2.10. The molecular weight excluding hydrogens is 280 g/mol. The summed E-state index contributed by atoms with van der Waals surface area (Å²) >= 11 is 1.85. The summed E-state index contributed by atoms with van der Waals surface area (Å²) in [5.74, 6) is 1.63. The Labute approximate surface area is 136 Å². The Hall–Kier alpha value is -0.420. The molecule has 0 aromatic heterocycles. The summed E-state index contributed by atoms with van der Waals surface area (Å²) in [5.41, 5.74) is 0. The van der Waals surface area contributed by atoms with Gasteiger partial charge in [0.05, 0.1) is 6.54 Å². The predicted octanol–water partition coefficient (Wildman–Crippen LogP) is 2.66. The van der Waals surface area contributed by atoms with Gasteiger partial charge in [0.25, 0.3) is 0 Å². The van der Waals surface area contributed by atoms with Gasteiger partial charge < -0.3 is 15.5 Å². The first-order valence-corrected chi connectivity index (χ1v) is 9.18. The van der Waals surface area contributed by atoms with Crippen molar-refractivity contribution in [2.75, 3.05) is 40.0 Å². The lowest BCUT2D eigenvalue weighted by Gasteiger charge is -2.27. The second-order valence-corrected chi connectivity index (χ2v) is 8.30. The molecule has 0 saturated carbocycles. The highest BCUT2D eigenvalue weighted by molar-refractivity contribution is 7.99. The van der Waals surface area contributed by atoms with E-state index in [2.05, 4.69) is 70.5 Å². The van der Waals surface area contributed by atoms with E-state index in [1.165, 1.54) is 6.42 Å². The van der Waals surface area contributed by atoms with Gasteiger partial charge in [-0.3, -0.25) is 4.99 Å². The van der Waals surface area contributed by atoms with E-state index in [1.54, 1.807) is 0 Å². The highest BCUT2D eigenvalue weighted by atomic mass is 32.2. The van der Waals surface area contributed by atoms with Crippen LogP contribution in [0.4, 0.5) is 0 Å². The van der Waals surface area contributed by atoms with Crippen LogP contribution in [0, 0.1) is 5.92 Å². The summed E-state index contributed by atoms with van der Waals surface area (Å²) in [7, 11) is 4.30. The largest absolute Gasteiger partial charge is 0.357 e. The standard InChI is InChI=1S/C16H36N4S/c1-9-17-15(19-12-16(4,5)21-8)18-11-14(20(6)7)10-13(2)3/h13-14H,9-12H2,1-8H3,(H2,17,18,19). The van der Waals surface area contributed by atoms with Gasteiger partial charge in [-0.15, -0.1) is 0 Å². The van der Waals surface area contributed by atoms with E-state index in [9.17, 15) is 0 Å². The van der Waals surface area contributed by atoms with Crippen LogP contribution < -0.4 is 10.6 Å². The van der Waals surface area contributed by atoms with Gasteiger partial charge in [0.2, 0.25) is 0 Å². The molecule has 0 spiro atoms. The van der Waals surface area contributed by atoms with E-state index in [1.807, 2.05) is 11.8 Å². The molecule has 0 aromatic rings. The van der Waals surface area contributed by atoms with Crippen molar-refractivity contribution in [3.8, 4) is 0 Å². The second kappa shape index (κ2) is 10.3. The third-order valence-corrected chi connectivity index (χ3v) is 4.73. The molecule has 1 unspecified atom stereocenters. The van der Waals surface area contributed by atoms with Gasteiger partial charge in [0, 0.05) is 23.9 Å². The fourth-order valence-electron chi connectivity index (χ4n) is 1.91. The molecular formula is C16H36N4S. The van der Waals surface area contributed by atoms with Crippen molar-refractivity contribution in [1.29, 1.82) is 0 Å². The maximum absolute atomic E-state index is 4.72. The summed E-state index contributed by atoms with van der Waals surface area (Å²) in [5, 5.41) is 6.83. The average molecular weight is 317 g/mol. The van der Waals surface area contributed by atoms with E-state index in [4.69, 9.17) is 4.99 Å². The van der Waals surface area contributed by atoms with Gasteiger partial charge in [0.1, 0.15) is 0 Å². The number of guanidine groups is 1. The Balaban J connectivity index is 4.58. The quantitative estimate of drug-likeness (QED) is 0.507. The first-order valence-electron chi connectivity index (χ1n) is 7.95. The van der Waals surface area contributed by atoms with Crippen molar-refractivity contribution in [3.63, 3.8) is 0 Å². The molecule has 0 heterocycles. The summed E-state index contributed by atoms with van der Waals surface area (Å²) in [6.07, 6.45) is 3.33. The van der Waals surface area contributed by atoms with E-state index in [0.717, 1.165) is 25.6 Å². The second-order valence-electron chi connectivity index (χ2n) is 6.79. The summed E-state index contributed by atoms with van der Waals surface area (Å²) < 4.78 is 0.182. The Kier molecular flexibility index (Phi) is 10.1. The van der Waals surface area contributed by atoms with Crippen molar-refractivity contribution in [3.05, 3.63) is 0 Å². The lowest BCUT2D eigenvalue weighted by molar-refractivity contribution is 0.254. The number of hydrogen-bond donors (Lipinski definition) is 2. The van der Waals surface area contributed by atoms with Crippen molar-refractivity contribution in [2.45, 2.75) is 51.8 Å². The Bertz CT molecular complexity index is 301. The van der Waals surface area contributed by atoms with Crippen LogP contribution in [0.5, 0.6) is 0 Å². The number of aliphatic imine (C=N–C) groups is 1. The highest BCUT2D eigenvalue weighted by Crippen LogP contribution is 2.20. The molecule has 0 saturated heterocycles. The molecule has 0 aliphatic heterocycles. The third-order valence-electron chi connectivity index (χ3n) is 3.49. The summed E-state index contributed by atoms with van der Waals surface area (Å²) in [6.45, 7) is 13.7.